The Morgan fingerprint density at radius 3 is 2.36 bits per heavy atom. The van der Waals surface area contributed by atoms with Gasteiger partial charge in [-0.2, -0.15) is 0 Å². The van der Waals surface area contributed by atoms with Gasteiger partial charge < -0.3 is 4.90 Å². The van der Waals surface area contributed by atoms with E-state index in [2.05, 4.69) is 29.0 Å². The molecule has 0 bridgehead atoms. The maximum Gasteiger partial charge on any atom is 0.254 e. The quantitative estimate of drug-likeness (QED) is 0.640. The van der Waals surface area contributed by atoms with Gasteiger partial charge in [0.2, 0.25) is 0 Å². The van der Waals surface area contributed by atoms with Gasteiger partial charge >= 0.3 is 0 Å². The fraction of sp³-hybridized carbons (Fsp3) is 0.0909. The van der Waals surface area contributed by atoms with Crippen molar-refractivity contribution in [2.24, 2.45) is 0 Å². The molecule has 0 fully saturated rings. The summed E-state index contributed by atoms with van der Waals surface area (Å²) in [5.74, 6) is 6.14. The van der Waals surface area contributed by atoms with E-state index in [9.17, 15) is 4.79 Å². The zero-order valence-electron chi connectivity index (χ0n) is 13.6. The number of hydrogen-bond donors (Lipinski definition) is 0. The van der Waals surface area contributed by atoms with Gasteiger partial charge in [-0.25, -0.2) is 4.98 Å². The van der Waals surface area contributed by atoms with Crippen LogP contribution >= 0.6 is 0 Å². The standard InChI is InChI=1S/C22H16N2O/c25-22(24-15-19-7-1-2-8-20(19)16-24)18-9-5-6-17(14-18)11-12-21-10-3-4-13-23-21/h1-10,13-14H,15-16H2. The van der Waals surface area contributed by atoms with Gasteiger partial charge in [0.25, 0.3) is 5.91 Å². The molecule has 25 heavy (non-hydrogen) atoms. The van der Waals surface area contributed by atoms with Crippen molar-refractivity contribution in [1.82, 2.24) is 9.88 Å². The van der Waals surface area contributed by atoms with Gasteiger partial charge in [-0.05, 0) is 47.4 Å². The predicted octanol–water partition coefficient (Wildman–Crippen LogP) is 3.64. The summed E-state index contributed by atoms with van der Waals surface area (Å²) >= 11 is 0. The zero-order chi connectivity index (χ0) is 17.1. The fourth-order valence-corrected chi connectivity index (χ4v) is 2.96. The molecule has 4 rings (SSSR count). The van der Waals surface area contributed by atoms with E-state index < -0.39 is 0 Å². The monoisotopic (exact) mass is 324 g/mol. The Kier molecular flexibility index (Phi) is 4.02. The number of aromatic nitrogens is 1. The van der Waals surface area contributed by atoms with Crippen molar-refractivity contribution in [3.63, 3.8) is 0 Å². The molecule has 2 aromatic carbocycles. The number of carbonyl (C=O) groups excluding carboxylic acids is 1. The average Bonchev–Trinajstić information content (AvgIpc) is 3.11. The predicted molar refractivity (Wildman–Crippen MR) is 96.7 cm³/mol. The van der Waals surface area contributed by atoms with Crippen molar-refractivity contribution < 1.29 is 4.79 Å². The van der Waals surface area contributed by atoms with Crippen LogP contribution in [0.1, 0.15) is 32.7 Å². The maximum atomic E-state index is 12.8. The number of rotatable bonds is 1. The smallest absolute Gasteiger partial charge is 0.254 e. The minimum absolute atomic E-state index is 0.0395. The van der Waals surface area contributed by atoms with E-state index in [1.165, 1.54) is 11.1 Å². The van der Waals surface area contributed by atoms with Crippen LogP contribution in [0.5, 0.6) is 0 Å². The Hall–Kier alpha value is -3.38. The molecule has 1 amide bonds. The number of carbonyl (C=O) groups is 1. The third-order valence-corrected chi connectivity index (χ3v) is 4.24. The minimum atomic E-state index is 0.0395. The lowest BCUT2D eigenvalue weighted by molar-refractivity contribution is 0.0751. The molecule has 0 saturated heterocycles. The molecule has 2 heterocycles. The number of benzene rings is 2. The van der Waals surface area contributed by atoms with Gasteiger partial charge in [-0.15, -0.1) is 0 Å². The van der Waals surface area contributed by atoms with Crippen molar-refractivity contribution in [1.29, 1.82) is 0 Å². The van der Waals surface area contributed by atoms with Gasteiger partial charge in [-0.3, -0.25) is 4.79 Å². The zero-order valence-corrected chi connectivity index (χ0v) is 13.6. The molecular formula is C22H16N2O. The van der Waals surface area contributed by atoms with Gasteiger partial charge in [0, 0.05) is 30.4 Å². The molecule has 120 valence electrons. The SMILES string of the molecule is O=C(c1cccc(C#Cc2ccccn2)c1)N1Cc2ccccc2C1. The Bertz CT molecular complexity index is 958. The number of nitrogens with zero attached hydrogens (tertiary/aromatic N) is 2. The third kappa shape index (κ3) is 3.29. The second-order valence-electron chi connectivity index (χ2n) is 5.98. The normalized spacial score (nSPS) is 12.2. The van der Waals surface area contributed by atoms with Gasteiger partial charge in [0.15, 0.2) is 0 Å². The van der Waals surface area contributed by atoms with Crippen LogP contribution in [0, 0.1) is 11.8 Å². The van der Waals surface area contributed by atoms with Crippen LogP contribution in [-0.2, 0) is 13.1 Å². The van der Waals surface area contributed by atoms with Crippen molar-refractivity contribution in [2.75, 3.05) is 0 Å². The molecule has 1 aromatic heterocycles. The van der Waals surface area contributed by atoms with Gasteiger partial charge in [0.05, 0.1) is 0 Å². The number of hydrogen-bond acceptors (Lipinski definition) is 2. The first-order chi connectivity index (χ1) is 12.3. The Labute approximate surface area is 147 Å². The van der Waals surface area contributed by atoms with E-state index in [0.29, 0.717) is 24.3 Å². The first kappa shape index (κ1) is 15.2. The molecule has 3 heteroatoms. The van der Waals surface area contributed by atoms with Gasteiger partial charge in [-0.1, -0.05) is 42.3 Å². The van der Waals surface area contributed by atoms with E-state index in [4.69, 9.17) is 0 Å². The van der Waals surface area contributed by atoms with Crippen LogP contribution in [0.15, 0.2) is 72.9 Å². The summed E-state index contributed by atoms with van der Waals surface area (Å²) < 4.78 is 0. The van der Waals surface area contributed by atoms with E-state index >= 15 is 0 Å². The number of fused-ring (bicyclic) bond motifs is 1. The minimum Gasteiger partial charge on any atom is -0.330 e. The molecule has 0 atom stereocenters. The lowest BCUT2D eigenvalue weighted by Gasteiger charge is -2.15. The molecule has 0 saturated carbocycles. The first-order valence-corrected chi connectivity index (χ1v) is 8.19. The highest BCUT2D eigenvalue weighted by Gasteiger charge is 2.23. The van der Waals surface area contributed by atoms with Crippen LogP contribution in [-0.4, -0.2) is 15.8 Å². The largest absolute Gasteiger partial charge is 0.330 e. The van der Waals surface area contributed by atoms with Crippen molar-refractivity contribution in [3.8, 4) is 11.8 Å². The van der Waals surface area contributed by atoms with Crippen LogP contribution in [0.3, 0.4) is 0 Å². The van der Waals surface area contributed by atoms with Crippen LogP contribution < -0.4 is 0 Å². The molecule has 0 aliphatic carbocycles. The van der Waals surface area contributed by atoms with E-state index in [1.54, 1.807) is 6.20 Å². The summed E-state index contributed by atoms with van der Waals surface area (Å²) in [5.41, 5.74) is 4.65. The average molecular weight is 324 g/mol. The second kappa shape index (κ2) is 6.62. The molecular weight excluding hydrogens is 308 g/mol. The highest BCUT2D eigenvalue weighted by Crippen LogP contribution is 2.24. The van der Waals surface area contributed by atoms with E-state index in [0.717, 1.165) is 5.56 Å². The Morgan fingerprint density at radius 1 is 0.880 bits per heavy atom. The molecule has 0 N–H and O–H groups in total. The van der Waals surface area contributed by atoms with E-state index in [-0.39, 0.29) is 5.91 Å². The summed E-state index contributed by atoms with van der Waals surface area (Å²) in [4.78, 5) is 18.9. The summed E-state index contributed by atoms with van der Waals surface area (Å²) in [5, 5.41) is 0. The number of amides is 1. The van der Waals surface area contributed by atoms with Gasteiger partial charge in [0.1, 0.15) is 5.69 Å². The molecule has 0 spiro atoms. The first-order valence-electron chi connectivity index (χ1n) is 8.19. The number of pyridine rings is 1. The van der Waals surface area contributed by atoms with Crippen LogP contribution in [0.25, 0.3) is 0 Å². The molecule has 3 aromatic rings. The molecule has 1 aliphatic rings. The second-order valence-corrected chi connectivity index (χ2v) is 5.98. The Morgan fingerprint density at radius 2 is 1.64 bits per heavy atom. The molecule has 3 nitrogen and oxygen atoms in total. The van der Waals surface area contributed by atoms with Crippen LogP contribution in [0.2, 0.25) is 0 Å². The summed E-state index contributed by atoms with van der Waals surface area (Å²) in [6.07, 6.45) is 1.72. The van der Waals surface area contributed by atoms with E-state index in [1.807, 2.05) is 59.5 Å². The topological polar surface area (TPSA) is 33.2 Å². The highest BCUT2D eigenvalue weighted by molar-refractivity contribution is 5.94. The fourth-order valence-electron chi connectivity index (χ4n) is 2.96. The highest BCUT2D eigenvalue weighted by atomic mass is 16.2. The molecule has 0 unspecified atom stereocenters. The van der Waals surface area contributed by atoms with Crippen LogP contribution in [0.4, 0.5) is 0 Å². The lowest BCUT2D eigenvalue weighted by atomic mass is 10.1. The summed E-state index contributed by atoms with van der Waals surface area (Å²) in [6, 6.07) is 21.3. The van der Waals surface area contributed by atoms with Crippen molar-refractivity contribution in [2.45, 2.75) is 13.1 Å². The van der Waals surface area contributed by atoms with Crippen molar-refractivity contribution in [3.05, 3.63) is 101 Å². The maximum absolute atomic E-state index is 12.8. The molecule has 0 radical (unpaired) electrons. The van der Waals surface area contributed by atoms with Crippen molar-refractivity contribution >= 4 is 5.91 Å². The molecule has 1 aliphatic heterocycles. The third-order valence-electron chi connectivity index (χ3n) is 4.24. The summed E-state index contributed by atoms with van der Waals surface area (Å²) in [7, 11) is 0. The summed E-state index contributed by atoms with van der Waals surface area (Å²) in [6.45, 7) is 1.33. The Balaban J connectivity index is 1.54. The lowest BCUT2D eigenvalue weighted by Crippen LogP contribution is -2.25.